The first-order chi connectivity index (χ1) is 15.5. The first kappa shape index (κ1) is 26.2. The predicted molar refractivity (Wildman–Crippen MR) is 123 cm³/mol. The van der Waals surface area contributed by atoms with Crippen molar-refractivity contribution in [2.45, 2.75) is 77.2 Å². The van der Waals surface area contributed by atoms with Crippen LogP contribution in [0.25, 0.3) is 0 Å². The number of amides is 2. The van der Waals surface area contributed by atoms with Gasteiger partial charge >= 0.3 is 13.2 Å². The van der Waals surface area contributed by atoms with Gasteiger partial charge in [-0.25, -0.2) is 13.6 Å². The van der Waals surface area contributed by atoms with Crippen LogP contribution in [0.15, 0.2) is 18.2 Å². The van der Waals surface area contributed by atoms with E-state index in [4.69, 9.17) is 18.8 Å². The third-order valence-corrected chi connectivity index (χ3v) is 6.27. The fourth-order valence-electron chi connectivity index (χ4n) is 3.66. The molecule has 34 heavy (non-hydrogen) atoms. The normalized spacial score (nSPS) is 23.1. The molecule has 0 radical (unpaired) electrons. The molecule has 1 aromatic carbocycles. The second-order valence-corrected chi connectivity index (χ2v) is 10.7. The lowest BCUT2D eigenvalue weighted by Gasteiger charge is -2.32. The Morgan fingerprint density at radius 3 is 2.26 bits per heavy atom. The molecule has 1 unspecified atom stereocenters. The Morgan fingerprint density at radius 1 is 1.15 bits per heavy atom. The zero-order valence-electron chi connectivity index (χ0n) is 21.0. The molecule has 3 rings (SSSR count). The summed E-state index contributed by atoms with van der Waals surface area (Å²) in [4.78, 5) is 26.0. The Morgan fingerprint density at radius 2 is 1.74 bits per heavy atom. The maximum Gasteiger partial charge on any atom is 0.494 e. The number of alkyl halides is 2. The van der Waals surface area contributed by atoms with E-state index in [-0.39, 0.29) is 17.9 Å². The Balaban J connectivity index is 1.74. The number of nitrogens with one attached hydrogen (secondary N) is 1. The molecule has 11 heteroatoms. The second kappa shape index (κ2) is 8.68. The van der Waals surface area contributed by atoms with E-state index in [1.54, 1.807) is 32.9 Å². The van der Waals surface area contributed by atoms with Gasteiger partial charge in [0.05, 0.1) is 37.0 Å². The van der Waals surface area contributed by atoms with Gasteiger partial charge in [-0.15, -0.1) is 0 Å². The van der Waals surface area contributed by atoms with Gasteiger partial charge in [-0.1, -0.05) is 6.07 Å². The van der Waals surface area contributed by atoms with Gasteiger partial charge in [0.2, 0.25) is 0 Å². The number of likely N-dealkylation sites (tertiary alicyclic amines) is 1. The molecule has 1 N–H and O–H groups in total. The number of benzene rings is 1. The highest BCUT2D eigenvalue weighted by Gasteiger charge is 2.53. The zero-order chi connectivity index (χ0) is 25.7. The molecular weight excluding hydrogens is 449 g/mol. The number of ether oxygens (including phenoxy) is 2. The molecule has 0 aromatic heterocycles. The van der Waals surface area contributed by atoms with Gasteiger partial charge in [0, 0.05) is 0 Å². The number of carbonyl (C=O) groups excluding carboxylic acids is 2. The standard InChI is InChI=1S/C23H33BF2N2O6/c1-20(2,3)32-19(30)28-12-17(23(25,26)13-28)27-18(29)15-10-9-14(11-16(15)31-8)24-33-21(4,5)22(6,7)34-24/h9-11,17H,12-13H2,1-8H3,(H,27,29). The van der Waals surface area contributed by atoms with Crippen LogP contribution in [0.5, 0.6) is 5.75 Å². The van der Waals surface area contributed by atoms with Gasteiger partial charge in [-0.05, 0) is 66.1 Å². The van der Waals surface area contributed by atoms with Crippen LogP contribution in [-0.2, 0) is 14.0 Å². The number of hydrogen-bond acceptors (Lipinski definition) is 6. The van der Waals surface area contributed by atoms with Crippen LogP contribution in [0.2, 0.25) is 0 Å². The molecule has 2 aliphatic heterocycles. The maximum atomic E-state index is 14.6. The molecule has 1 aromatic rings. The van der Waals surface area contributed by atoms with Crippen LogP contribution in [-0.4, -0.2) is 73.0 Å². The van der Waals surface area contributed by atoms with Crippen molar-refractivity contribution >= 4 is 24.6 Å². The zero-order valence-corrected chi connectivity index (χ0v) is 21.0. The van der Waals surface area contributed by atoms with Crippen LogP contribution >= 0.6 is 0 Å². The summed E-state index contributed by atoms with van der Waals surface area (Å²) in [6.07, 6.45) is -0.853. The fraction of sp³-hybridized carbons (Fsp3) is 0.652. The number of hydrogen-bond donors (Lipinski definition) is 1. The average molecular weight is 482 g/mol. The fourth-order valence-corrected chi connectivity index (χ4v) is 3.66. The van der Waals surface area contributed by atoms with Crippen LogP contribution in [0, 0.1) is 0 Å². The Kier molecular flexibility index (Phi) is 6.69. The maximum absolute atomic E-state index is 14.6. The molecule has 2 heterocycles. The lowest BCUT2D eigenvalue weighted by atomic mass is 9.78. The summed E-state index contributed by atoms with van der Waals surface area (Å²) in [6.45, 7) is 11.4. The van der Waals surface area contributed by atoms with Crippen LogP contribution in [0.4, 0.5) is 13.6 Å². The van der Waals surface area contributed by atoms with Gasteiger partial charge in [0.1, 0.15) is 17.4 Å². The molecule has 2 aliphatic rings. The minimum atomic E-state index is -3.32. The summed E-state index contributed by atoms with van der Waals surface area (Å²) < 4.78 is 51.8. The van der Waals surface area contributed by atoms with Gasteiger partial charge in [0.25, 0.3) is 11.8 Å². The number of halogens is 2. The predicted octanol–water partition coefficient (Wildman–Crippen LogP) is 2.98. The summed E-state index contributed by atoms with van der Waals surface area (Å²) in [7, 11) is 0.715. The first-order valence-electron chi connectivity index (χ1n) is 11.2. The molecule has 0 bridgehead atoms. The highest BCUT2D eigenvalue weighted by molar-refractivity contribution is 6.62. The molecule has 2 fully saturated rings. The number of carbonyl (C=O) groups is 2. The third kappa shape index (κ3) is 5.30. The van der Waals surface area contributed by atoms with E-state index in [9.17, 15) is 18.4 Å². The Labute approximate surface area is 199 Å². The molecule has 0 saturated carbocycles. The van der Waals surface area contributed by atoms with Crippen molar-refractivity contribution in [2.24, 2.45) is 0 Å². The van der Waals surface area contributed by atoms with Crippen LogP contribution in [0.3, 0.4) is 0 Å². The van der Waals surface area contributed by atoms with E-state index in [0.29, 0.717) is 5.46 Å². The van der Waals surface area contributed by atoms with E-state index < -0.39 is 54.4 Å². The number of nitrogens with zero attached hydrogens (tertiary/aromatic N) is 1. The monoisotopic (exact) mass is 482 g/mol. The van der Waals surface area contributed by atoms with Gasteiger partial charge in [-0.2, -0.15) is 0 Å². The molecule has 0 aliphatic carbocycles. The summed E-state index contributed by atoms with van der Waals surface area (Å²) in [5.41, 5.74) is -1.20. The molecule has 1 atom stereocenters. The van der Waals surface area contributed by atoms with Crippen molar-refractivity contribution in [2.75, 3.05) is 20.2 Å². The molecule has 2 amide bonds. The number of methoxy groups -OCH3 is 1. The molecular formula is C23H33BF2N2O6. The third-order valence-electron chi connectivity index (χ3n) is 6.27. The van der Waals surface area contributed by atoms with E-state index in [1.807, 2.05) is 27.7 Å². The van der Waals surface area contributed by atoms with Crippen LogP contribution in [0.1, 0.15) is 58.8 Å². The van der Waals surface area contributed by atoms with Crippen molar-refractivity contribution in [3.8, 4) is 5.75 Å². The minimum Gasteiger partial charge on any atom is -0.496 e. The van der Waals surface area contributed by atoms with Gasteiger partial charge in [-0.3, -0.25) is 9.69 Å². The average Bonchev–Trinajstić information content (AvgIpc) is 3.11. The Bertz CT molecular complexity index is 947. The largest absolute Gasteiger partial charge is 0.496 e. The van der Waals surface area contributed by atoms with E-state index >= 15 is 0 Å². The summed E-state index contributed by atoms with van der Waals surface area (Å²) in [5.74, 6) is -3.87. The van der Waals surface area contributed by atoms with Gasteiger partial charge in [0.15, 0.2) is 0 Å². The van der Waals surface area contributed by atoms with Crippen molar-refractivity contribution in [3.05, 3.63) is 23.8 Å². The smallest absolute Gasteiger partial charge is 0.494 e. The van der Waals surface area contributed by atoms with Crippen molar-refractivity contribution in [3.63, 3.8) is 0 Å². The lowest BCUT2D eigenvalue weighted by Crippen LogP contribution is -2.47. The Hall–Kier alpha value is -2.40. The summed E-state index contributed by atoms with van der Waals surface area (Å²) >= 11 is 0. The lowest BCUT2D eigenvalue weighted by molar-refractivity contribution is -0.0153. The van der Waals surface area contributed by atoms with E-state index in [1.165, 1.54) is 13.2 Å². The molecule has 2 saturated heterocycles. The highest BCUT2D eigenvalue weighted by atomic mass is 19.3. The highest BCUT2D eigenvalue weighted by Crippen LogP contribution is 2.37. The SMILES string of the molecule is COc1cc(B2OC(C)(C)C(C)(C)O2)ccc1C(=O)NC1CN(C(=O)OC(C)(C)C)CC1(F)F. The molecule has 188 valence electrons. The van der Waals surface area contributed by atoms with Crippen LogP contribution < -0.4 is 15.5 Å². The first-order valence-corrected chi connectivity index (χ1v) is 11.2. The topological polar surface area (TPSA) is 86.3 Å². The summed E-state index contributed by atoms with van der Waals surface area (Å²) in [5, 5.41) is 2.34. The second-order valence-electron chi connectivity index (χ2n) is 10.7. The number of rotatable bonds is 4. The quantitative estimate of drug-likeness (QED) is 0.665. The van der Waals surface area contributed by atoms with E-state index in [0.717, 1.165) is 4.90 Å². The molecule has 0 spiro atoms. The summed E-state index contributed by atoms with van der Waals surface area (Å²) in [6, 6.07) is 3.14. The van der Waals surface area contributed by atoms with E-state index in [2.05, 4.69) is 5.32 Å². The molecule has 8 nitrogen and oxygen atoms in total. The van der Waals surface area contributed by atoms with Crippen molar-refractivity contribution in [1.82, 2.24) is 10.2 Å². The minimum absolute atomic E-state index is 0.0780. The van der Waals surface area contributed by atoms with Crippen molar-refractivity contribution < 1.29 is 37.2 Å². The van der Waals surface area contributed by atoms with Crippen molar-refractivity contribution in [1.29, 1.82) is 0 Å². The van der Waals surface area contributed by atoms with Gasteiger partial charge < -0.3 is 24.1 Å².